The van der Waals surface area contributed by atoms with Crippen molar-refractivity contribution in [3.8, 4) is 0 Å². The summed E-state index contributed by atoms with van der Waals surface area (Å²) < 4.78 is 10.1. The Kier molecular flexibility index (Phi) is 9.20. The number of hydrogen-bond acceptors (Lipinski definition) is 6. The highest BCUT2D eigenvalue weighted by Gasteiger charge is 2.09. The molecule has 0 aromatic heterocycles. The summed E-state index contributed by atoms with van der Waals surface area (Å²) >= 11 is 3.79. The molecule has 1 saturated heterocycles. The number of cyclic esters (lactones) is 2. The van der Waals surface area contributed by atoms with Gasteiger partial charge in [-0.15, -0.1) is 0 Å². The molecule has 0 aromatic rings. The van der Waals surface area contributed by atoms with E-state index in [1.165, 1.54) is 0 Å². The van der Waals surface area contributed by atoms with Gasteiger partial charge >= 0.3 is 11.9 Å². The van der Waals surface area contributed by atoms with Gasteiger partial charge in [-0.25, -0.2) is 0 Å². The van der Waals surface area contributed by atoms with Crippen LogP contribution in [0.2, 0.25) is 0 Å². The van der Waals surface area contributed by atoms with Gasteiger partial charge in [0, 0.05) is 11.5 Å². The molecule has 0 aliphatic carbocycles. The van der Waals surface area contributed by atoms with Crippen LogP contribution < -0.4 is 0 Å². The van der Waals surface area contributed by atoms with Crippen LogP contribution in [0.1, 0.15) is 25.7 Å². The monoisotopic (exact) mass is 292 g/mol. The van der Waals surface area contributed by atoms with Crippen LogP contribution in [0.15, 0.2) is 0 Å². The van der Waals surface area contributed by atoms with Gasteiger partial charge in [0.2, 0.25) is 0 Å². The molecule has 0 amide bonds. The van der Waals surface area contributed by atoms with Crippen LogP contribution >= 0.6 is 23.5 Å². The van der Waals surface area contributed by atoms with Crippen LogP contribution in [0.4, 0.5) is 0 Å². The lowest BCUT2D eigenvalue weighted by Crippen LogP contribution is -2.12. The third-order valence-corrected chi connectivity index (χ3v) is 4.70. The smallest absolute Gasteiger partial charge is 0.306 e. The zero-order chi connectivity index (χ0) is 13.1. The highest BCUT2D eigenvalue weighted by Crippen LogP contribution is 2.10. The standard InChI is InChI=1S/C12H20O4S2/c13-11-3-4-12(14)16-6-2-8-18-10-9-17-7-1-5-15-11/h1-10H2. The Balaban J connectivity index is 2.23. The fraction of sp³-hybridized carbons (Fsp3) is 0.833. The van der Waals surface area contributed by atoms with Gasteiger partial charge < -0.3 is 9.47 Å². The first-order valence-corrected chi connectivity index (χ1v) is 8.57. The molecule has 0 spiro atoms. The SMILES string of the molecule is O=C1CCC(=O)OCCCSCCSCCCO1. The first kappa shape index (κ1) is 15.7. The molecule has 0 radical (unpaired) electrons. The van der Waals surface area contributed by atoms with Crippen molar-refractivity contribution in [2.24, 2.45) is 0 Å². The van der Waals surface area contributed by atoms with Crippen LogP contribution in [-0.2, 0) is 19.1 Å². The van der Waals surface area contributed by atoms with E-state index >= 15 is 0 Å². The lowest BCUT2D eigenvalue weighted by Gasteiger charge is -2.07. The molecule has 1 aliphatic heterocycles. The van der Waals surface area contributed by atoms with Crippen molar-refractivity contribution < 1.29 is 19.1 Å². The van der Waals surface area contributed by atoms with E-state index in [-0.39, 0.29) is 24.8 Å². The van der Waals surface area contributed by atoms with Gasteiger partial charge in [-0.2, -0.15) is 23.5 Å². The largest absolute Gasteiger partial charge is 0.466 e. The average molecular weight is 292 g/mol. The van der Waals surface area contributed by atoms with E-state index in [4.69, 9.17) is 9.47 Å². The van der Waals surface area contributed by atoms with Gasteiger partial charge in [-0.3, -0.25) is 9.59 Å². The zero-order valence-electron chi connectivity index (χ0n) is 10.5. The summed E-state index contributed by atoms with van der Waals surface area (Å²) in [7, 11) is 0. The molecule has 0 unspecified atom stereocenters. The third kappa shape index (κ3) is 8.69. The summed E-state index contributed by atoms with van der Waals surface area (Å²) in [6.45, 7) is 0.905. The van der Waals surface area contributed by atoms with Crippen molar-refractivity contribution in [3.63, 3.8) is 0 Å². The molecular weight excluding hydrogens is 272 g/mol. The summed E-state index contributed by atoms with van der Waals surface area (Å²) in [5, 5.41) is 0. The van der Waals surface area contributed by atoms with Gasteiger partial charge in [0.15, 0.2) is 0 Å². The van der Waals surface area contributed by atoms with E-state index in [1.54, 1.807) is 0 Å². The van der Waals surface area contributed by atoms with Crippen molar-refractivity contribution >= 4 is 35.5 Å². The second kappa shape index (κ2) is 10.6. The molecule has 104 valence electrons. The number of ether oxygens (including phenoxy) is 2. The molecular formula is C12H20O4S2. The van der Waals surface area contributed by atoms with E-state index in [0.717, 1.165) is 35.9 Å². The topological polar surface area (TPSA) is 52.6 Å². The molecule has 0 atom stereocenters. The predicted molar refractivity (Wildman–Crippen MR) is 75.0 cm³/mol. The molecule has 0 saturated carbocycles. The molecule has 0 aromatic carbocycles. The summed E-state index contributed by atoms with van der Waals surface area (Å²) in [6, 6.07) is 0. The lowest BCUT2D eigenvalue weighted by molar-refractivity contribution is -0.150. The summed E-state index contributed by atoms with van der Waals surface area (Å²) in [4.78, 5) is 22.6. The van der Waals surface area contributed by atoms with Crippen molar-refractivity contribution in [2.75, 3.05) is 36.2 Å². The number of thioether (sulfide) groups is 2. The van der Waals surface area contributed by atoms with E-state index in [1.807, 2.05) is 23.5 Å². The average Bonchev–Trinajstić information content (AvgIpc) is 2.36. The van der Waals surface area contributed by atoms with Crippen LogP contribution in [0.25, 0.3) is 0 Å². The molecule has 1 fully saturated rings. The lowest BCUT2D eigenvalue weighted by atomic mass is 10.3. The Labute approximate surface area is 117 Å². The van der Waals surface area contributed by atoms with Gasteiger partial charge in [0.25, 0.3) is 0 Å². The predicted octanol–water partition coefficient (Wildman–Crippen LogP) is 2.11. The number of rotatable bonds is 0. The minimum atomic E-state index is -0.306. The van der Waals surface area contributed by atoms with E-state index in [2.05, 4.69) is 0 Å². The molecule has 0 N–H and O–H groups in total. The zero-order valence-corrected chi connectivity index (χ0v) is 12.2. The van der Waals surface area contributed by atoms with E-state index in [0.29, 0.717) is 13.2 Å². The molecule has 0 bridgehead atoms. The first-order chi connectivity index (χ1) is 8.79. The maximum absolute atomic E-state index is 11.3. The number of esters is 2. The molecule has 1 rings (SSSR count). The van der Waals surface area contributed by atoms with Crippen LogP contribution in [0, 0.1) is 0 Å². The molecule has 1 heterocycles. The minimum absolute atomic E-state index is 0.126. The Bertz CT molecular complexity index is 232. The minimum Gasteiger partial charge on any atom is -0.466 e. The summed E-state index contributed by atoms with van der Waals surface area (Å²) in [5.74, 6) is 3.68. The number of carbonyl (C=O) groups excluding carboxylic acids is 2. The fourth-order valence-electron chi connectivity index (χ4n) is 1.36. The maximum atomic E-state index is 11.3. The second-order valence-corrected chi connectivity index (χ2v) is 6.32. The Morgan fingerprint density at radius 1 is 0.722 bits per heavy atom. The Morgan fingerprint density at radius 3 is 1.61 bits per heavy atom. The van der Waals surface area contributed by atoms with Crippen LogP contribution in [-0.4, -0.2) is 48.2 Å². The summed E-state index contributed by atoms with van der Waals surface area (Å²) in [6.07, 6.45) is 2.01. The molecule has 6 heteroatoms. The van der Waals surface area contributed by atoms with Crippen LogP contribution in [0.3, 0.4) is 0 Å². The van der Waals surface area contributed by atoms with Crippen molar-refractivity contribution in [2.45, 2.75) is 25.7 Å². The Morgan fingerprint density at radius 2 is 1.17 bits per heavy atom. The normalized spacial score (nSPS) is 22.0. The van der Waals surface area contributed by atoms with Crippen molar-refractivity contribution in [1.82, 2.24) is 0 Å². The highest BCUT2D eigenvalue weighted by molar-refractivity contribution is 8.02. The van der Waals surface area contributed by atoms with Crippen molar-refractivity contribution in [3.05, 3.63) is 0 Å². The van der Waals surface area contributed by atoms with Gasteiger partial charge in [0.1, 0.15) is 0 Å². The first-order valence-electron chi connectivity index (χ1n) is 6.26. The van der Waals surface area contributed by atoms with Gasteiger partial charge in [-0.05, 0) is 24.3 Å². The molecule has 1 aliphatic rings. The van der Waals surface area contributed by atoms with E-state index < -0.39 is 0 Å². The third-order valence-electron chi connectivity index (χ3n) is 2.30. The van der Waals surface area contributed by atoms with E-state index in [9.17, 15) is 9.59 Å². The van der Waals surface area contributed by atoms with Gasteiger partial charge in [-0.1, -0.05) is 0 Å². The second-order valence-electron chi connectivity index (χ2n) is 3.87. The Hall–Kier alpha value is -0.360. The fourth-order valence-corrected chi connectivity index (χ4v) is 3.36. The maximum Gasteiger partial charge on any atom is 0.306 e. The van der Waals surface area contributed by atoms with Crippen molar-refractivity contribution in [1.29, 1.82) is 0 Å². The van der Waals surface area contributed by atoms with Crippen LogP contribution in [0.5, 0.6) is 0 Å². The highest BCUT2D eigenvalue weighted by atomic mass is 32.2. The quantitative estimate of drug-likeness (QED) is 0.637. The number of carbonyl (C=O) groups is 2. The molecule has 18 heavy (non-hydrogen) atoms. The summed E-state index contributed by atoms with van der Waals surface area (Å²) in [5.41, 5.74) is 0. The number of hydrogen-bond donors (Lipinski definition) is 0. The van der Waals surface area contributed by atoms with Gasteiger partial charge in [0.05, 0.1) is 26.1 Å². The molecule has 4 nitrogen and oxygen atoms in total.